The largest absolute Gasteiger partial charge is 0.393 e. The van der Waals surface area contributed by atoms with Crippen LogP contribution in [0.4, 0.5) is 5.82 Å². The molecule has 40 heavy (non-hydrogen) atoms. The third-order valence-corrected chi connectivity index (χ3v) is 11.8. The number of carbonyl (C=O) groups excluding carboxylic acids is 2. The van der Waals surface area contributed by atoms with Gasteiger partial charge in [-0.3, -0.25) is 14.5 Å². The molecule has 1 aliphatic heterocycles. The van der Waals surface area contributed by atoms with E-state index in [4.69, 9.17) is 0 Å². The van der Waals surface area contributed by atoms with Crippen LogP contribution in [0.2, 0.25) is 0 Å². The number of pyridine rings is 1. The maximum atomic E-state index is 13.9. The number of hydrogen-bond donors (Lipinski definition) is 3. The second-order valence-electron chi connectivity index (χ2n) is 13.5. The average Bonchev–Trinajstić information content (AvgIpc) is 3.16. The summed E-state index contributed by atoms with van der Waals surface area (Å²) in [5, 5.41) is 33.9. The molecule has 5 aliphatic rings. The van der Waals surface area contributed by atoms with E-state index in [0.29, 0.717) is 38.5 Å². The molecule has 4 aliphatic carbocycles. The van der Waals surface area contributed by atoms with Crippen LogP contribution in [0.3, 0.4) is 0 Å². The highest BCUT2D eigenvalue weighted by Gasteiger charge is 2.71. The van der Waals surface area contributed by atoms with Crippen molar-refractivity contribution in [3.8, 4) is 0 Å². The Labute approximate surface area is 249 Å². The summed E-state index contributed by atoms with van der Waals surface area (Å²) < 4.78 is 0. The Morgan fingerprint density at radius 3 is 2.40 bits per heavy atom. The number of aromatic nitrogens is 1. The van der Waals surface area contributed by atoms with Crippen LogP contribution in [0.25, 0.3) is 0 Å². The fraction of sp³-hybridized carbons (Fsp3) is 0.767. The Bertz CT molecular complexity index is 1100. The highest BCUT2D eigenvalue weighted by molar-refractivity contribution is 5.93. The van der Waals surface area contributed by atoms with Crippen molar-refractivity contribution < 1.29 is 24.9 Å². The van der Waals surface area contributed by atoms with Crippen molar-refractivity contribution in [2.75, 3.05) is 37.6 Å². The first-order valence-electron chi connectivity index (χ1n) is 14.6. The zero-order valence-electron chi connectivity index (χ0n) is 23.6. The number of nitrogens with zero attached hydrogens (tertiary/aromatic N) is 3. The van der Waals surface area contributed by atoms with Crippen LogP contribution < -0.4 is 4.90 Å². The van der Waals surface area contributed by atoms with E-state index in [1.54, 1.807) is 6.20 Å². The molecule has 0 radical (unpaired) electrons. The highest BCUT2D eigenvalue weighted by Crippen LogP contribution is 2.68. The van der Waals surface area contributed by atoms with Gasteiger partial charge in [-0.05, 0) is 62.5 Å². The number of carbonyl (C=O) groups is 2. The lowest BCUT2D eigenvalue weighted by atomic mass is 9.42. The summed E-state index contributed by atoms with van der Waals surface area (Å²) in [5.74, 6) is 0.740. The molecule has 1 aromatic heterocycles. The lowest BCUT2D eigenvalue weighted by Gasteiger charge is -2.63. The van der Waals surface area contributed by atoms with E-state index in [9.17, 15) is 24.9 Å². The molecular formula is C30H45Cl2N3O5. The number of rotatable bonds is 4. The van der Waals surface area contributed by atoms with Crippen molar-refractivity contribution in [3.05, 3.63) is 24.4 Å². The lowest BCUT2D eigenvalue weighted by molar-refractivity contribution is -0.221. The predicted octanol–water partition coefficient (Wildman–Crippen LogP) is 3.04. The molecule has 8 nitrogen and oxygen atoms in total. The van der Waals surface area contributed by atoms with Crippen LogP contribution in [0.5, 0.6) is 0 Å². The van der Waals surface area contributed by atoms with Gasteiger partial charge in [0.25, 0.3) is 0 Å². The van der Waals surface area contributed by atoms with Gasteiger partial charge in [-0.1, -0.05) is 19.9 Å². The Morgan fingerprint density at radius 2 is 1.73 bits per heavy atom. The van der Waals surface area contributed by atoms with Crippen LogP contribution in [-0.2, 0) is 9.59 Å². The third-order valence-electron chi connectivity index (χ3n) is 11.8. The number of halogens is 2. The van der Waals surface area contributed by atoms with E-state index >= 15 is 0 Å². The number of piperazine rings is 1. The minimum absolute atomic E-state index is 0. The van der Waals surface area contributed by atoms with Crippen molar-refractivity contribution in [2.24, 2.45) is 28.6 Å². The molecule has 6 rings (SSSR count). The summed E-state index contributed by atoms with van der Waals surface area (Å²) in [6.07, 6.45) is 5.42. The summed E-state index contributed by atoms with van der Waals surface area (Å²) in [5.41, 5.74) is -3.88. The van der Waals surface area contributed by atoms with Crippen molar-refractivity contribution in [1.82, 2.24) is 9.88 Å². The lowest BCUT2D eigenvalue weighted by Crippen LogP contribution is -2.67. The summed E-state index contributed by atoms with van der Waals surface area (Å²) in [7, 11) is 0. The van der Waals surface area contributed by atoms with E-state index in [1.807, 2.05) is 32.0 Å². The molecule has 10 heteroatoms. The number of aliphatic hydroxyl groups is 3. The van der Waals surface area contributed by atoms with Crippen LogP contribution in [0.15, 0.2) is 24.4 Å². The first-order chi connectivity index (χ1) is 18.0. The van der Waals surface area contributed by atoms with Gasteiger partial charge in [-0.25, -0.2) is 4.98 Å². The van der Waals surface area contributed by atoms with Gasteiger partial charge in [-0.2, -0.15) is 0 Å². The van der Waals surface area contributed by atoms with Gasteiger partial charge in [0.15, 0.2) is 5.78 Å². The molecule has 8 atom stereocenters. The van der Waals surface area contributed by atoms with Gasteiger partial charge in [0.1, 0.15) is 17.2 Å². The van der Waals surface area contributed by atoms with E-state index in [-0.39, 0.29) is 67.1 Å². The van der Waals surface area contributed by atoms with Gasteiger partial charge < -0.3 is 20.2 Å². The molecule has 224 valence electrons. The Morgan fingerprint density at radius 1 is 1.00 bits per heavy atom. The van der Waals surface area contributed by atoms with E-state index in [1.165, 1.54) is 0 Å². The van der Waals surface area contributed by atoms with Crippen molar-refractivity contribution in [3.63, 3.8) is 0 Å². The average molecular weight is 599 g/mol. The molecular weight excluding hydrogens is 553 g/mol. The Balaban J connectivity index is 0.00000185. The fourth-order valence-corrected chi connectivity index (χ4v) is 9.51. The Hall–Kier alpha value is -1.29. The smallest absolute Gasteiger partial charge is 0.178 e. The molecule has 0 spiro atoms. The van der Waals surface area contributed by atoms with Crippen LogP contribution in [0.1, 0.15) is 65.2 Å². The first kappa shape index (κ1) is 31.6. The van der Waals surface area contributed by atoms with Crippen LogP contribution in [-0.4, -0.2) is 86.8 Å². The zero-order chi connectivity index (χ0) is 26.9. The maximum Gasteiger partial charge on any atom is 0.178 e. The summed E-state index contributed by atoms with van der Waals surface area (Å²) in [4.78, 5) is 36.5. The summed E-state index contributed by atoms with van der Waals surface area (Å²) >= 11 is 0. The molecule has 3 N–H and O–H groups in total. The topological polar surface area (TPSA) is 114 Å². The number of Topliss-reactive ketones (excluding diaryl/α,β-unsaturated/α-hetero) is 2. The van der Waals surface area contributed by atoms with Gasteiger partial charge in [0.2, 0.25) is 0 Å². The van der Waals surface area contributed by atoms with Crippen molar-refractivity contribution >= 4 is 42.2 Å². The molecule has 5 fully saturated rings. The number of hydrogen-bond acceptors (Lipinski definition) is 8. The highest BCUT2D eigenvalue weighted by atomic mass is 35.5. The zero-order valence-corrected chi connectivity index (χ0v) is 25.3. The van der Waals surface area contributed by atoms with E-state index in [0.717, 1.165) is 38.4 Å². The molecule has 0 bridgehead atoms. The SMILES string of the molecule is C[C@]12CC(=O)[C@H]3[C@@H](CCC4(O)CC(O)CC[C@]34C)[C@@H]1CC[C@]2(O)C(=O)CN1CCN(c2ccccn2)CC1.Cl.Cl. The summed E-state index contributed by atoms with van der Waals surface area (Å²) in [6, 6.07) is 5.88. The minimum atomic E-state index is -1.51. The normalized spacial score (nSPS) is 43.0. The number of anilines is 1. The minimum Gasteiger partial charge on any atom is -0.393 e. The third kappa shape index (κ3) is 4.62. The molecule has 4 saturated carbocycles. The first-order valence-corrected chi connectivity index (χ1v) is 14.6. The van der Waals surface area contributed by atoms with Gasteiger partial charge >= 0.3 is 0 Å². The van der Waals surface area contributed by atoms with E-state index in [2.05, 4.69) is 14.8 Å². The predicted molar refractivity (Wildman–Crippen MR) is 157 cm³/mol. The number of ketones is 2. The molecule has 0 aromatic carbocycles. The van der Waals surface area contributed by atoms with Crippen LogP contribution in [0, 0.1) is 28.6 Å². The van der Waals surface area contributed by atoms with Crippen molar-refractivity contribution in [1.29, 1.82) is 0 Å². The van der Waals surface area contributed by atoms with Gasteiger partial charge in [0, 0.05) is 62.0 Å². The second kappa shape index (κ2) is 11.1. The van der Waals surface area contributed by atoms with E-state index < -0.39 is 28.1 Å². The fourth-order valence-electron chi connectivity index (χ4n) is 9.51. The van der Waals surface area contributed by atoms with Crippen LogP contribution >= 0.6 is 24.8 Å². The molecule has 0 amide bonds. The van der Waals surface area contributed by atoms with Gasteiger partial charge in [0.05, 0.1) is 18.2 Å². The molecule has 2 heterocycles. The Kier molecular flexibility index (Phi) is 8.77. The maximum absolute atomic E-state index is 13.9. The van der Waals surface area contributed by atoms with Crippen molar-refractivity contribution in [2.45, 2.75) is 82.5 Å². The molecule has 2 unspecified atom stereocenters. The van der Waals surface area contributed by atoms with Gasteiger partial charge in [-0.15, -0.1) is 24.8 Å². The molecule has 1 saturated heterocycles. The molecule has 1 aromatic rings. The quantitative estimate of drug-likeness (QED) is 0.485. The summed E-state index contributed by atoms with van der Waals surface area (Å²) in [6.45, 7) is 7.24. The monoisotopic (exact) mass is 597 g/mol. The second-order valence-corrected chi connectivity index (χ2v) is 13.5. The number of aliphatic hydroxyl groups excluding tert-OH is 1. The number of fused-ring (bicyclic) bond motifs is 5. The standard InChI is InChI=1S/C30H43N3O5.2ClH/c1-27-9-6-20(34)17-29(27,37)10-7-21-22-8-11-30(38,28(22,2)18-23(35)26(21)27)24(36)19-32-13-15-33(16-14-32)25-5-3-4-12-31-25;;/h3-5,12,20-22,26,34,37-38H,6-11,13-19H2,1-2H3;2*1H/t20?,21-,22-,26+,27+,28-,29?,30-;;/m0../s1.